The van der Waals surface area contributed by atoms with E-state index in [4.69, 9.17) is 43.6 Å². The predicted molar refractivity (Wildman–Crippen MR) is 323 cm³/mol. The summed E-state index contributed by atoms with van der Waals surface area (Å²) in [6, 6.07) is -1.18. The number of piperidine rings is 2. The van der Waals surface area contributed by atoms with Crippen LogP contribution in [0.15, 0.2) is 47.6 Å². The van der Waals surface area contributed by atoms with Crippen molar-refractivity contribution in [3.63, 3.8) is 0 Å². The molecule has 0 aromatic rings. The van der Waals surface area contributed by atoms with Crippen LogP contribution in [0.3, 0.4) is 0 Å². The van der Waals surface area contributed by atoms with Crippen LogP contribution in [-0.4, -0.2) is 201 Å². The first-order valence-corrected chi connectivity index (χ1v) is 31.7. The number of aliphatic hydroxyl groups excluding tert-OH is 2. The van der Waals surface area contributed by atoms with E-state index < -0.39 is 108 Å². The molecular weight excluding hydrogens is 1110 g/mol. The molecule has 4 fully saturated rings. The van der Waals surface area contributed by atoms with Crippen LogP contribution in [-0.2, 0) is 61.9 Å². The largest absolute Gasteiger partial charge is 0.460 e. The first-order chi connectivity index (χ1) is 40.9. The number of amides is 3. The standard InChI is InChI=1S/C65H106N4O17/c1-12-31-82-33-34-83-32-27-67-62(76)64(66)25-29-68(30-26-64)63(77)85-52-24-22-48(38-55(52)80-10)37-44(5)54-40-51(70)43(4)36-46(7)57(72)58(81-11)56(71)45(6)35-41(2)18-14-13-15-19-42(3)53(79-9)39-49-23-21-47(8)65(78,86-49)59(73)60(74)69-28-17-16-20-50(69)61(75)84-54/h13-15,18-19,36,41,43-45,47-55,57-58,70,72,78H,12,16-17,20-35,37-40,66H2,1-11H3,(H,67,76)/b15-13+,18-14+,42-19+,46-36+/t41-,43-,44-,45-,47-,48+,49+,50+,51-,52-,53+,54+,55-,57-,58+,65-/m1/s1. The van der Waals surface area contributed by atoms with E-state index in [1.54, 1.807) is 46.0 Å². The molecule has 86 heavy (non-hydrogen) atoms. The lowest BCUT2D eigenvalue weighted by Gasteiger charge is -2.43. The highest BCUT2D eigenvalue weighted by Crippen LogP contribution is 2.39. The van der Waals surface area contributed by atoms with Crippen LogP contribution in [0.4, 0.5) is 4.79 Å². The molecule has 1 aliphatic carbocycles. The molecule has 0 aromatic carbocycles. The second kappa shape index (κ2) is 35.1. The topological polar surface area (TPSA) is 281 Å². The minimum absolute atomic E-state index is 0.000223. The van der Waals surface area contributed by atoms with Gasteiger partial charge in [-0.15, -0.1) is 0 Å². The smallest absolute Gasteiger partial charge is 0.410 e. The Morgan fingerprint density at radius 2 is 1.52 bits per heavy atom. The summed E-state index contributed by atoms with van der Waals surface area (Å²) in [4.78, 5) is 87.0. The number of Topliss-reactive ketones (excluding diaryl/α,β-unsaturated/α-hetero) is 2. The van der Waals surface area contributed by atoms with Gasteiger partial charge in [-0.05, 0) is 126 Å². The summed E-state index contributed by atoms with van der Waals surface area (Å²) >= 11 is 0. The monoisotopic (exact) mass is 1210 g/mol. The van der Waals surface area contributed by atoms with Crippen LogP contribution in [0.1, 0.15) is 152 Å². The number of aliphatic hydroxyl groups is 3. The number of nitrogens with two attached hydrogens (primary N) is 1. The van der Waals surface area contributed by atoms with Gasteiger partial charge in [0.25, 0.3) is 11.7 Å². The summed E-state index contributed by atoms with van der Waals surface area (Å²) in [5, 5.41) is 38.6. The zero-order valence-corrected chi connectivity index (χ0v) is 53.4. The fourth-order valence-electron chi connectivity index (χ4n) is 12.8. The number of rotatable bonds is 16. The van der Waals surface area contributed by atoms with Crippen LogP contribution in [0.5, 0.6) is 0 Å². The number of ether oxygens (including phenoxy) is 8. The van der Waals surface area contributed by atoms with E-state index in [1.807, 2.05) is 65.0 Å². The Hall–Kier alpha value is -4.42. The number of cyclic esters (lactones) is 1. The highest BCUT2D eigenvalue weighted by atomic mass is 16.6. The Kier molecular flexibility index (Phi) is 29.5. The molecule has 3 saturated heterocycles. The van der Waals surface area contributed by atoms with Crippen molar-refractivity contribution in [2.24, 2.45) is 41.2 Å². The molecule has 0 radical (unpaired) electrons. The molecular formula is C65H106N4O17. The van der Waals surface area contributed by atoms with E-state index in [9.17, 15) is 44.1 Å². The Balaban J connectivity index is 1.33. The molecule has 2 bridgehead atoms. The van der Waals surface area contributed by atoms with Crippen LogP contribution < -0.4 is 11.1 Å². The van der Waals surface area contributed by atoms with Crippen molar-refractivity contribution in [3.05, 3.63) is 47.6 Å². The summed E-state index contributed by atoms with van der Waals surface area (Å²) in [6.07, 6.45) is 10.5. The Labute approximate surface area is 511 Å². The number of nitrogens with zero attached hydrogens (tertiary/aromatic N) is 2. The SMILES string of the molecule is CCCOCCOCCNC(=O)C1(N)CCN(C(=O)O[C@@H]2CC[C@@H](C[C@@H](C)[C@@H]3C[C@@H](O)[C@H](C)/C=C(\C)[C@@H](O)[C@@H](OC)C(=O)[C@H](C)C[C@H](C)/C=C/C=C/C=C(\C)[C@@H](OC)C[C@@H]4CC[C@@H](C)[C@@](O)(O4)C(=O)C(=O)N4CCCC[C@H]4C(=O)O3)C[C@H]2OC)CC1. The van der Waals surface area contributed by atoms with Crippen molar-refractivity contribution in [3.8, 4) is 0 Å². The molecule has 6 N–H and O–H groups in total. The number of carbonyl (C=O) groups excluding carboxylic acids is 6. The number of allylic oxidation sites excluding steroid dienone is 5. The molecule has 5 aliphatic rings. The molecule has 1 saturated carbocycles. The molecule has 4 heterocycles. The van der Waals surface area contributed by atoms with Gasteiger partial charge >= 0.3 is 12.1 Å². The average Bonchev–Trinajstić information content (AvgIpc) is 1.06. The summed E-state index contributed by atoms with van der Waals surface area (Å²) in [6.45, 7) is 17.5. The van der Waals surface area contributed by atoms with Gasteiger partial charge in [0.05, 0.1) is 49.8 Å². The fourth-order valence-corrected chi connectivity index (χ4v) is 12.8. The third kappa shape index (κ3) is 20.3. The number of hydrogen-bond donors (Lipinski definition) is 5. The zero-order valence-electron chi connectivity index (χ0n) is 53.4. The number of methoxy groups -OCH3 is 3. The maximum atomic E-state index is 14.7. The lowest BCUT2D eigenvalue weighted by molar-refractivity contribution is -0.265. The van der Waals surface area contributed by atoms with Crippen molar-refractivity contribution >= 4 is 35.4 Å². The molecule has 4 aliphatic heterocycles. The maximum absolute atomic E-state index is 14.7. The van der Waals surface area contributed by atoms with Gasteiger partial charge < -0.3 is 74.1 Å². The number of esters is 1. The summed E-state index contributed by atoms with van der Waals surface area (Å²) in [5.74, 6) is -8.16. The maximum Gasteiger partial charge on any atom is 0.410 e. The number of hydrogen-bond acceptors (Lipinski definition) is 18. The van der Waals surface area contributed by atoms with Crippen LogP contribution >= 0.6 is 0 Å². The lowest BCUT2D eigenvalue weighted by Crippen LogP contribution is -2.61. The van der Waals surface area contributed by atoms with E-state index in [1.165, 1.54) is 12.0 Å². The minimum Gasteiger partial charge on any atom is -0.460 e. The van der Waals surface area contributed by atoms with Crippen molar-refractivity contribution in [2.75, 3.05) is 73.9 Å². The highest BCUT2D eigenvalue weighted by molar-refractivity contribution is 6.39. The van der Waals surface area contributed by atoms with Gasteiger partial charge in [-0.2, -0.15) is 0 Å². The minimum atomic E-state index is -2.46. The lowest BCUT2D eigenvalue weighted by atomic mass is 9.78. The fraction of sp³-hybridized carbons (Fsp3) is 0.785. The Morgan fingerprint density at radius 1 is 0.814 bits per heavy atom. The average molecular weight is 1220 g/mol. The number of nitrogens with one attached hydrogen (secondary N) is 1. The third-order valence-corrected chi connectivity index (χ3v) is 18.5. The second-order valence-electron chi connectivity index (χ2n) is 25.3. The molecule has 3 amide bonds. The molecule has 0 spiro atoms. The van der Waals surface area contributed by atoms with E-state index in [0.717, 1.165) is 12.0 Å². The second-order valence-corrected chi connectivity index (χ2v) is 25.3. The number of carbonyl (C=O) groups is 6. The third-order valence-electron chi connectivity index (χ3n) is 18.5. The Bertz CT molecular complexity index is 2320. The molecule has 488 valence electrons. The van der Waals surface area contributed by atoms with Crippen LogP contribution in [0.25, 0.3) is 0 Å². The van der Waals surface area contributed by atoms with Crippen molar-refractivity contribution in [1.29, 1.82) is 0 Å². The summed E-state index contributed by atoms with van der Waals surface area (Å²) in [7, 11) is 4.53. The number of likely N-dealkylation sites (tertiary alicyclic amines) is 1. The van der Waals surface area contributed by atoms with Crippen LogP contribution in [0.2, 0.25) is 0 Å². The molecule has 0 unspecified atom stereocenters. The van der Waals surface area contributed by atoms with Crippen LogP contribution in [0, 0.1) is 35.5 Å². The zero-order chi connectivity index (χ0) is 63.3. The van der Waals surface area contributed by atoms with E-state index in [-0.39, 0.29) is 74.8 Å². The van der Waals surface area contributed by atoms with Gasteiger partial charge in [-0.25, -0.2) is 9.59 Å². The molecule has 21 heteroatoms. The molecule has 16 atom stereocenters. The van der Waals surface area contributed by atoms with Crippen molar-refractivity contribution in [2.45, 2.75) is 218 Å². The normalized spacial score (nSPS) is 35.8. The van der Waals surface area contributed by atoms with Crippen molar-refractivity contribution in [1.82, 2.24) is 15.1 Å². The first kappa shape index (κ1) is 72.3. The van der Waals surface area contributed by atoms with Gasteiger partial charge in [0.2, 0.25) is 11.7 Å². The number of fused-ring (bicyclic) bond motifs is 3. The van der Waals surface area contributed by atoms with Gasteiger partial charge in [-0.1, -0.05) is 78.0 Å². The highest BCUT2D eigenvalue weighted by Gasteiger charge is 2.53. The molecule has 0 aromatic heterocycles. The molecule has 5 rings (SSSR count). The quantitative estimate of drug-likeness (QED) is 0.0479. The van der Waals surface area contributed by atoms with Gasteiger partial charge in [0, 0.05) is 84.7 Å². The molecule has 21 nitrogen and oxygen atoms in total. The summed E-state index contributed by atoms with van der Waals surface area (Å²) in [5.41, 5.74) is 6.69. The van der Waals surface area contributed by atoms with Crippen molar-refractivity contribution < 1.29 is 82.0 Å². The van der Waals surface area contributed by atoms with Gasteiger partial charge in [0.1, 0.15) is 30.5 Å². The van der Waals surface area contributed by atoms with E-state index in [2.05, 4.69) is 5.32 Å². The Morgan fingerprint density at radius 3 is 2.20 bits per heavy atom. The van der Waals surface area contributed by atoms with E-state index in [0.29, 0.717) is 103 Å². The predicted octanol–water partition coefficient (Wildman–Crippen LogP) is 6.47. The van der Waals surface area contributed by atoms with E-state index >= 15 is 0 Å². The number of ketones is 2. The van der Waals surface area contributed by atoms with Gasteiger partial charge in [0.15, 0.2) is 5.78 Å². The first-order valence-electron chi connectivity index (χ1n) is 31.7. The van der Waals surface area contributed by atoms with Gasteiger partial charge in [-0.3, -0.25) is 19.2 Å². The summed E-state index contributed by atoms with van der Waals surface area (Å²) < 4.78 is 47.2.